The van der Waals surface area contributed by atoms with Gasteiger partial charge in [0.1, 0.15) is 5.82 Å². The first-order valence-corrected chi connectivity index (χ1v) is 5.50. The van der Waals surface area contributed by atoms with Gasteiger partial charge < -0.3 is 11.1 Å². The van der Waals surface area contributed by atoms with Crippen LogP contribution >= 0.6 is 15.9 Å². The molecule has 0 spiro atoms. The Hall–Kier alpha value is -0.610. The van der Waals surface area contributed by atoms with Crippen LogP contribution in [0.15, 0.2) is 16.7 Å². The van der Waals surface area contributed by atoms with Gasteiger partial charge in [0.2, 0.25) is 0 Å². The molecule has 0 bridgehead atoms. The number of anilines is 1. The van der Waals surface area contributed by atoms with Crippen molar-refractivity contribution in [3.63, 3.8) is 0 Å². The molecule has 4 heteroatoms. The van der Waals surface area contributed by atoms with Crippen LogP contribution in [-0.2, 0) is 0 Å². The monoisotopic (exact) mass is 257 g/mol. The van der Waals surface area contributed by atoms with Crippen molar-refractivity contribution < 1.29 is 0 Å². The Labute approximate surface area is 93.2 Å². The van der Waals surface area contributed by atoms with E-state index in [1.54, 1.807) is 0 Å². The number of nitrogens with one attached hydrogen (secondary N) is 1. The Bertz CT molecular complexity index is 299. The second-order valence-electron chi connectivity index (χ2n) is 3.54. The minimum Gasteiger partial charge on any atom is -0.369 e. The number of aromatic nitrogens is 1. The Morgan fingerprint density at radius 3 is 2.93 bits per heavy atom. The Morgan fingerprint density at radius 2 is 2.36 bits per heavy atom. The summed E-state index contributed by atoms with van der Waals surface area (Å²) in [5, 5.41) is 3.23. The maximum absolute atomic E-state index is 5.65. The van der Waals surface area contributed by atoms with Crippen LogP contribution < -0.4 is 11.1 Å². The number of hydrogen-bond acceptors (Lipinski definition) is 3. The van der Waals surface area contributed by atoms with Gasteiger partial charge in [-0.2, -0.15) is 0 Å². The third-order valence-electron chi connectivity index (χ3n) is 1.87. The number of pyridine rings is 1. The van der Waals surface area contributed by atoms with Crippen molar-refractivity contribution in [3.05, 3.63) is 22.3 Å². The van der Waals surface area contributed by atoms with Gasteiger partial charge in [-0.15, -0.1) is 0 Å². The molecule has 78 valence electrons. The summed E-state index contributed by atoms with van der Waals surface area (Å²) in [6.07, 6.45) is 2.79. The van der Waals surface area contributed by atoms with E-state index in [2.05, 4.69) is 26.2 Å². The van der Waals surface area contributed by atoms with Gasteiger partial charge in [0, 0.05) is 18.8 Å². The molecule has 1 aromatic rings. The molecule has 1 atom stereocenters. The second-order valence-corrected chi connectivity index (χ2v) is 4.39. The molecule has 1 aromatic heterocycles. The summed E-state index contributed by atoms with van der Waals surface area (Å²) in [5.41, 5.74) is 6.79. The average Bonchev–Trinajstić information content (AvgIpc) is 2.08. The van der Waals surface area contributed by atoms with Crippen LogP contribution in [0.1, 0.15) is 18.9 Å². The number of nitrogens with two attached hydrogens (primary N) is 1. The van der Waals surface area contributed by atoms with Crippen molar-refractivity contribution in [2.75, 3.05) is 11.9 Å². The molecule has 0 radical (unpaired) electrons. The SMILES string of the molecule is Cc1cnc(NCCC(C)N)c(Br)c1. The highest BCUT2D eigenvalue weighted by atomic mass is 79.9. The van der Waals surface area contributed by atoms with Crippen LogP contribution in [0.25, 0.3) is 0 Å². The summed E-state index contributed by atoms with van der Waals surface area (Å²) in [6, 6.07) is 2.27. The smallest absolute Gasteiger partial charge is 0.140 e. The molecule has 0 aliphatic carbocycles. The molecule has 3 nitrogen and oxygen atoms in total. The predicted molar refractivity (Wildman–Crippen MR) is 63.4 cm³/mol. The first-order chi connectivity index (χ1) is 6.59. The lowest BCUT2D eigenvalue weighted by molar-refractivity contribution is 0.689. The summed E-state index contributed by atoms with van der Waals surface area (Å²) in [6.45, 7) is 4.87. The van der Waals surface area contributed by atoms with Crippen molar-refractivity contribution in [1.29, 1.82) is 0 Å². The van der Waals surface area contributed by atoms with Crippen LogP contribution in [0, 0.1) is 6.92 Å². The molecule has 0 fully saturated rings. The number of nitrogens with zero attached hydrogens (tertiary/aromatic N) is 1. The summed E-state index contributed by atoms with van der Waals surface area (Å²) >= 11 is 3.46. The number of hydrogen-bond donors (Lipinski definition) is 2. The van der Waals surface area contributed by atoms with Crippen LogP contribution in [0.5, 0.6) is 0 Å². The zero-order chi connectivity index (χ0) is 10.6. The van der Waals surface area contributed by atoms with Crippen LogP contribution in [0.2, 0.25) is 0 Å². The first kappa shape index (κ1) is 11.5. The molecule has 0 saturated heterocycles. The molecule has 0 saturated carbocycles. The fourth-order valence-electron chi connectivity index (χ4n) is 1.08. The lowest BCUT2D eigenvalue weighted by Crippen LogP contribution is -2.19. The molecule has 1 heterocycles. The van der Waals surface area contributed by atoms with Crippen molar-refractivity contribution in [2.24, 2.45) is 5.73 Å². The Kier molecular flexibility index (Phi) is 4.35. The van der Waals surface area contributed by atoms with Crippen molar-refractivity contribution >= 4 is 21.7 Å². The maximum atomic E-state index is 5.65. The molecule has 14 heavy (non-hydrogen) atoms. The van der Waals surface area contributed by atoms with Crippen LogP contribution in [0.3, 0.4) is 0 Å². The van der Waals surface area contributed by atoms with E-state index < -0.39 is 0 Å². The van der Waals surface area contributed by atoms with Crippen molar-refractivity contribution in [1.82, 2.24) is 4.98 Å². The molecule has 0 amide bonds. The largest absolute Gasteiger partial charge is 0.369 e. The molecular weight excluding hydrogens is 242 g/mol. The maximum Gasteiger partial charge on any atom is 0.140 e. The van der Waals surface area contributed by atoms with Gasteiger partial charge in [-0.3, -0.25) is 0 Å². The third kappa shape index (κ3) is 3.64. The van der Waals surface area contributed by atoms with E-state index in [1.165, 1.54) is 0 Å². The zero-order valence-corrected chi connectivity index (χ0v) is 10.1. The molecule has 0 aromatic carbocycles. The highest BCUT2D eigenvalue weighted by Gasteiger charge is 2.01. The van der Waals surface area contributed by atoms with Gasteiger partial charge in [-0.05, 0) is 47.8 Å². The van der Waals surface area contributed by atoms with E-state index in [1.807, 2.05) is 26.1 Å². The van der Waals surface area contributed by atoms with Crippen LogP contribution in [0.4, 0.5) is 5.82 Å². The van der Waals surface area contributed by atoms with Crippen LogP contribution in [-0.4, -0.2) is 17.6 Å². The van der Waals surface area contributed by atoms with Gasteiger partial charge in [-0.1, -0.05) is 0 Å². The summed E-state index contributed by atoms with van der Waals surface area (Å²) in [7, 11) is 0. The van der Waals surface area contributed by atoms with E-state index in [0.29, 0.717) is 0 Å². The zero-order valence-electron chi connectivity index (χ0n) is 8.55. The number of halogens is 1. The fourth-order valence-corrected chi connectivity index (χ4v) is 1.69. The van der Waals surface area contributed by atoms with Gasteiger partial charge in [0.15, 0.2) is 0 Å². The molecule has 3 N–H and O–H groups in total. The number of rotatable bonds is 4. The first-order valence-electron chi connectivity index (χ1n) is 4.71. The quantitative estimate of drug-likeness (QED) is 0.871. The second kappa shape index (κ2) is 5.32. The van der Waals surface area contributed by atoms with Gasteiger partial charge in [-0.25, -0.2) is 4.98 Å². The van der Waals surface area contributed by atoms with Gasteiger partial charge in [0.25, 0.3) is 0 Å². The molecule has 0 aliphatic heterocycles. The lowest BCUT2D eigenvalue weighted by Gasteiger charge is -2.09. The Morgan fingerprint density at radius 1 is 1.64 bits per heavy atom. The van der Waals surface area contributed by atoms with Gasteiger partial charge >= 0.3 is 0 Å². The third-order valence-corrected chi connectivity index (χ3v) is 2.47. The predicted octanol–water partition coefficient (Wildman–Crippen LogP) is 2.30. The minimum atomic E-state index is 0.228. The Balaban J connectivity index is 2.51. The summed E-state index contributed by atoms with van der Waals surface area (Å²) in [5.74, 6) is 0.885. The average molecular weight is 258 g/mol. The summed E-state index contributed by atoms with van der Waals surface area (Å²) in [4.78, 5) is 4.28. The lowest BCUT2D eigenvalue weighted by atomic mass is 10.2. The topological polar surface area (TPSA) is 50.9 Å². The number of aryl methyl sites for hydroxylation is 1. The van der Waals surface area contributed by atoms with Crippen molar-refractivity contribution in [2.45, 2.75) is 26.3 Å². The standard InChI is InChI=1S/C10H16BrN3/c1-7-5-9(11)10(14-6-7)13-4-3-8(2)12/h5-6,8H,3-4,12H2,1-2H3,(H,13,14). The van der Waals surface area contributed by atoms with E-state index in [-0.39, 0.29) is 6.04 Å². The minimum absolute atomic E-state index is 0.228. The molecular formula is C10H16BrN3. The normalized spacial score (nSPS) is 12.6. The van der Waals surface area contributed by atoms with E-state index in [4.69, 9.17) is 5.73 Å². The van der Waals surface area contributed by atoms with E-state index in [9.17, 15) is 0 Å². The van der Waals surface area contributed by atoms with Crippen molar-refractivity contribution in [3.8, 4) is 0 Å². The van der Waals surface area contributed by atoms with E-state index >= 15 is 0 Å². The molecule has 1 rings (SSSR count). The highest BCUT2D eigenvalue weighted by molar-refractivity contribution is 9.10. The molecule has 0 aliphatic rings. The van der Waals surface area contributed by atoms with Gasteiger partial charge in [0.05, 0.1) is 4.47 Å². The summed E-state index contributed by atoms with van der Waals surface area (Å²) < 4.78 is 1.00. The fraction of sp³-hybridized carbons (Fsp3) is 0.500. The van der Waals surface area contributed by atoms with E-state index in [0.717, 1.165) is 28.8 Å². The highest BCUT2D eigenvalue weighted by Crippen LogP contribution is 2.20. The molecule has 1 unspecified atom stereocenters.